The predicted molar refractivity (Wildman–Crippen MR) is 80.2 cm³/mol. The van der Waals surface area contributed by atoms with Gasteiger partial charge in [-0.25, -0.2) is 15.0 Å². The van der Waals surface area contributed by atoms with E-state index in [9.17, 15) is 0 Å². The number of hydrogen-bond acceptors (Lipinski definition) is 4. The highest BCUT2D eigenvalue weighted by molar-refractivity contribution is 6.66. The molecule has 1 aromatic heterocycles. The average Bonchev–Trinajstić information content (AvgIpc) is 2.46. The van der Waals surface area contributed by atoms with Gasteiger partial charge in [0.1, 0.15) is 12.1 Å². The fraction of sp³-hybridized carbons (Fsp3) is 0.154. The molecule has 104 valence electrons. The minimum absolute atomic E-state index is 0.0576. The van der Waals surface area contributed by atoms with E-state index < -0.39 is 3.79 Å². The van der Waals surface area contributed by atoms with Crippen LogP contribution in [0.1, 0.15) is 17.2 Å². The van der Waals surface area contributed by atoms with Gasteiger partial charge in [0.05, 0.1) is 7.11 Å². The monoisotopic (exact) mass is 329 g/mol. The highest BCUT2D eigenvalue weighted by atomic mass is 35.6. The molecule has 7 heteroatoms. The number of nitrogens with zero attached hydrogens (tertiary/aromatic N) is 3. The third-order valence-electron chi connectivity index (χ3n) is 2.53. The van der Waals surface area contributed by atoms with Crippen molar-refractivity contribution < 1.29 is 4.74 Å². The van der Waals surface area contributed by atoms with Crippen molar-refractivity contribution in [3.63, 3.8) is 0 Å². The number of ether oxygens (including phenoxy) is 1. The van der Waals surface area contributed by atoms with Gasteiger partial charge in [-0.1, -0.05) is 53.5 Å². The number of hydrogen-bond donors (Lipinski definition) is 0. The topological polar surface area (TPSA) is 47.9 Å². The summed E-state index contributed by atoms with van der Waals surface area (Å²) in [6.45, 7) is 3.95. The third-order valence-corrected chi connectivity index (χ3v) is 3.04. The van der Waals surface area contributed by atoms with Gasteiger partial charge in [-0.05, 0) is 17.7 Å². The first kappa shape index (κ1) is 15.0. The van der Waals surface area contributed by atoms with E-state index in [1.54, 1.807) is 7.11 Å². The molecule has 2 rings (SSSR count). The summed E-state index contributed by atoms with van der Waals surface area (Å²) in [5.41, 5.74) is 1.44. The largest absolute Gasteiger partial charge is 0.497 e. The number of methoxy groups -OCH3 is 1. The Kier molecular flexibility index (Phi) is 4.48. The van der Waals surface area contributed by atoms with Crippen molar-refractivity contribution in [3.05, 3.63) is 54.4 Å². The molecule has 2 aromatic rings. The molecule has 4 nitrogen and oxygen atoms in total. The van der Waals surface area contributed by atoms with E-state index in [2.05, 4.69) is 21.5 Å². The van der Waals surface area contributed by atoms with Crippen molar-refractivity contribution in [2.24, 2.45) is 0 Å². The molecule has 20 heavy (non-hydrogen) atoms. The molecule has 0 fully saturated rings. The first-order valence-electron chi connectivity index (χ1n) is 5.52. The SMILES string of the molecule is C=C(c1ccc(OC)cc1)c1ncnc(C(Cl)(Cl)Cl)n1. The first-order valence-corrected chi connectivity index (χ1v) is 6.65. The van der Waals surface area contributed by atoms with Gasteiger partial charge in [0, 0.05) is 5.57 Å². The van der Waals surface area contributed by atoms with Crippen molar-refractivity contribution in [1.82, 2.24) is 15.0 Å². The van der Waals surface area contributed by atoms with Crippen LogP contribution in [0, 0.1) is 0 Å². The summed E-state index contributed by atoms with van der Waals surface area (Å²) < 4.78 is 3.40. The predicted octanol–water partition coefficient (Wildman–Crippen LogP) is 3.77. The molecule has 0 aliphatic carbocycles. The Morgan fingerprint density at radius 1 is 1.15 bits per heavy atom. The lowest BCUT2D eigenvalue weighted by Crippen LogP contribution is -2.10. The molecule has 0 aliphatic heterocycles. The number of rotatable bonds is 3. The summed E-state index contributed by atoms with van der Waals surface area (Å²) in [5.74, 6) is 1.16. The Balaban J connectivity index is 2.33. The van der Waals surface area contributed by atoms with E-state index >= 15 is 0 Å². The molecule has 1 heterocycles. The standard InChI is InChI=1S/C13H10Cl3N3O/c1-8(9-3-5-10(20-2)6-4-9)11-17-7-18-12(19-11)13(14,15)16/h3-7H,1H2,2H3. The van der Waals surface area contributed by atoms with Crippen molar-refractivity contribution >= 4 is 40.4 Å². The third kappa shape index (κ3) is 3.39. The lowest BCUT2D eigenvalue weighted by molar-refractivity contribution is 0.415. The van der Waals surface area contributed by atoms with Crippen LogP contribution in [0.3, 0.4) is 0 Å². The summed E-state index contributed by atoms with van der Waals surface area (Å²) in [6, 6.07) is 7.33. The van der Waals surface area contributed by atoms with Crippen molar-refractivity contribution in [1.29, 1.82) is 0 Å². The molecule has 0 aliphatic rings. The fourth-order valence-corrected chi connectivity index (χ4v) is 1.77. The zero-order valence-corrected chi connectivity index (χ0v) is 12.7. The van der Waals surface area contributed by atoms with Gasteiger partial charge in [0.25, 0.3) is 0 Å². The molecule has 0 spiro atoms. The van der Waals surface area contributed by atoms with Crippen molar-refractivity contribution in [2.75, 3.05) is 7.11 Å². The molecule has 0 amide bonds. The van der Waals surface area contributed by atoms with Gasteiger partial charge in [-0.3, -0.25) is 0 Å². The Hall–Kier alpha value is -1.36. The summed E-state index contributed by atoms with van der Waals surface area (Å²) in [5, 5.41) is 0. The number of alkyl halides is 3. The lowest BCUT2D eigenvalue weighted by atomic mass is 10.1. The van der Waals surface area contributed by atoms with Crippen LogP contribution in [-0.4, -0.2) is 22.1 Å². The van der Waals surface area contributed by atoms with Crippen molar-refractivity contribution in [3.8, 4) is 5.75 Å². The van der Waals surface area contributed by atoms with Gasteiger partial charge >= 0.3 is 0 Å². The molecular formula is C13H10Cl3N3O. The Bertz CT molecular complexity index is 624. The fourth-order valence-electron chi connectivity index (χ4n) is 1.50. The molecular weight excluding hydrogens is 321 g/mol. The Morgan fingerprint density at radius 2 is 1.80 bits per heavy atom. The second-order valence-electron chi connectivity index (χ2n) is 3.84. The molecule has 0 saturated heterocycles. The van der Waals surface area contributed by atoms with Crippen LogP contribution >= 0.6 is 34.8 Å². The maximum atomic E-state index is 5.75. The highest BCUT2D eigenvalue weighted by Crippen LogP contribution is 2.35. The van der Waals surface area contributed by atoms with Gasteiger partial charge < -0.3 is 4.74 Å². The maximum absolute atomic E-state index is 5.75. The maximum Gasteiger partial charge on any atom is 0.250 e. The second kappa shape index (κ2) is 5.95. The molecule has 0 radical (unpaired) electrons. The smallest absolute Gasteiger partial charge is 0.250 e. The van der Waals surface area contributed by atoms with Crippen LogP contribution in [0.5, 0.6) is 5.75 Å². The molecule has 0 unspecified atom stereocenters. The first-order chi connectivity index (χ1) is 9.41. The van der Waals surface area contributed by atoms with E-state index in [1.807, 2.05) is 24.3 Å². The van der Waals surface area contributed by atoms with E-state index in [4.69, 9.17) is 39.5 Å². The summed E-state index contributed by atoms with van der Waals surface area (Å²) in [7, 11) is 1.60. The summed E-state index contributed by atoms with van der Waals surface area (Å²) in [4.78, 5) is 12.0. The second-order valence-corrected chi connectivity index (χ2v) is 6.12. The quantitative estimate of drug-likeness (QED) is 0.804. The molecule has 1 aromatic carbocycles. The van der Waals surface area contributed by atoms with E-state index in [1.165, 1.54) is 6.33 Å². The molecule has 0 saturated carbocycles. The van der Waals surface area contributed by atoms with Crippen LogP contribution in [0.15, 0.2) is 37.2 Å². The molecule has 0 atom stereocenters. The van der Waals surface area contributed by atoms with Gasteiger partial charge in [-0.15, -0.1) is 0 Å². The van der Waals surface area contributed by atoms with Crippen molar-refractivity contribution in [2.45, 2.75) is 3.79 Å². The zero-order valence-electron chi connectivity index (χ0n) is 10.5. The minimum Gasteiger partial charge on any atom is -0.497 e. The number of benzene rings is 1. The summed E-state index contributed by atoms with van der Waals surface area (Å²) >= 11 is 17.3. The van der Waals surface area contributed by atoms with E-state index in [-0.39, 0.29) is 5.82 Å². The molecule has 0 N–H and O–H groups in total. The Labute approximate surface area is 131 Å². The van der Waals surface area contributed by atoms with E-state index in [0.717, 1.165) is 11.3 Å². The average molecular weight is 331 g/mol. The highest BCUT2D eigenvalue weighted by Gasteiger charge is 2.27. The normalized spacial score (nSPS) is 11.2. The molecule has 0 bridgehead atoms. The number of aromatic nitrogens is 3. The Morgan fingerprint density at radius 3 is 2.35 bits per heavy atom. The van der Waals surface area contributed by atoms with Gasteiger partial charge in [0.2, 0.25) is 3.79 Å². The number of halogens is 3. The van der Waals surface area contributed by atoms with Crippen LogP contribution in [-0.2, 0) is 3.79 Å². The van der Waals surface area contributed by atoms with E-state index in [0.29, 0.717) is 11.4 Å². The van der Waals surface area contributed by atoms with Crippen LogP contribution in [0.2, 0.25) is 0 Å². The zero-order chi connectivity index (χ0) is 14.8. The van der Waals surface area contributed by atoms with Gasteiger partial charge in [0.15, 0.2) is 11.6 Å². The van der Waals surface area contributed by atoms with Crippen LogP contribution in [0.25, 0.3) is 5.57 Å². The minimum atomic E-state index is -1.70. The summed E-state index contributed by atoms with van der Waals surface area (Å²) in [6.07, 6.45) is 1.29. The van der Waals surface area contributed by atoms with Crippen LogP contribution in [0.4, 0.5) is 0 Å². The lowest BCUT2D eigenvalue weighted by Gasteiger charge is -2.11. The van der Waals surface area contributed by atoms with Gasteiger partial charge in [-0.2, -0.15) is 0 Å². The van der Waals surface area contributed by atoms with Crippen LogP contribution < -0.4 is 4.74 Å².